The molecule has 0 radical (unpaired) electrons. The number of anilines is 1. The highest BCUT2D eigenvalue weighted by Crippen LogP contribution is 2.28. The van der Waals surface area contributed by atoms with Crippen molar-refractivity contribution < 1.29 is 22.0 Å². The number of halogens is 1. The van der Waals surface area contributed by atoms with Gasteiger partial charge in [0.25, 0.3) is 15.9 Å². The van der Waals surface area contributed by atoms with Crippen molar-refractivity contribution in [2.24, 2.45) is 0 Å². The number of sulfonamides is 1. The van der Waals surface area contributed by atoms with E-state index >= 15 is 0 Å². The highest BCUT2D eigenvalue weighted by atomic mass is 32.2. The first-order valence-electron chi connectivity index (χ1n) is 9.57. The largest absolute Gasteiger partial charge is 0.441 e. The van der Waals surface area contributed by atoms with Crippen LogP contribution in [0.25, 0.3) is 11.5 Å². The minimum atomic E-state index is -4.16. The number of hydrogen-bond acceptors (Lipinski definition) is 5. The molecule has 4 rings (SSSR count). The molecular weight excluding hydrogens is 411 g/mol. The second-order valence-corrected chi connectivity index (χ2v) is 8.83. The van der Waals surface area contributed by atoms with Crippen molar-refractivity contribution in [2.45, 2.75) is 31.3 Å². The van der Waals surface area contributed by atoms with Gasteiger partial charge < -0.3 is 9.32 Å². The lowest BCUT2D eigenvalue weighted by atomic mass is 10.1. The van der Waals surface area contributed by atoms with E-state index in [1.54, 1.807) is 11.8 Å². The van der Waals surface area contributed by atoms with Crippen molar-refractivity contribution in [3.8, 4) is 11.5 Å². The van der Waals surface area contributed by atoms with Crippen LogP contribution < -0.4 is 4.72 Å². The molecule has 2 aromatic heterocycles. The summed E-state index contributed by atoms with van der Waals surface area (Å²) in [6.07, 6.45) is 4.39. The molecule has 0 saturated carbocycles. The van der Waals surface area contributed by atoms with Crippen LogP contribution in [0.2, 0.25) is 0 Å². The number of nitrogens with one attached hydrogen (secondary N) is 2. The second kappa shape index (κ2) is 7.94. The molecule has 1 amide bonds. The standard InChI is InChI=1S/C20H21FN4O4S/c1-13-5-6-15(21)16(11-13)24-30(27,28)18-8-7-17(29-18)19-14(12-22-23-19)20(26)25-9-3-2-4-10-25/h5-8,11-12,24H,2-4,9-10H2,1H3,(H,22,23). The maximum absolute atomic E-state index is 13.9. The van der Waals surface area contributed by atoms with Gasteiger partial charge in [0.15, 0.2) is 5.76 Å². The molecule has 3 aromatic rings. The minimum Gasteiger partial charge on any atom is -0.441 e. The van der Waals surface area contributed by atoms with Crippen molar-refractivity contribution in [3.05, 3.63) is 53.5 Å². The van der Waals surface area contributed by atoms with Crippen LogP contribution in [0.4, 0.5) is 10.1 Å². The van der Waals surface area contributed by atoms with Crippen LogP contribution in [-0.4, -0.2) is 42.5 Å². The van der Waals surface area contributed by atoms with Crippen molar-refractivity contribution in [1.82, 2.24) is 15.1 Å². The van der Waals surface area contributed by atoms with Crippen LogP contribution in [0, 0.1) is 12.7 Å². The molecule has 0 aliphatic carbocycles. The third-order valence-electron chi connectivity index (χ3n) is 4.97. The summed E-state index contributed by atoms with van der Waals surface area (Å²) in [4.78, 5) is 14.6. The highest BCUT2D eigenvalue weighted by molar-refractivity contribution is 7.92. The van der Waals surface area contributed by atoms with Crippen LogP contribution >= 0.6 is 0 Å². The summed E-state index contributed by atoms with van der Waals surface area (Å²) in [6, 6.07) is 6.80. The molecule has 0 spiro atoms. The Morgan fingerprint density at radius 3 is 2.73 bits per heavy atom. The maximum Gasteiger partial charge on any atom is 0.295 e. The molecule has 1 fully saturated rings. The predicted molar refractivity (Wildman–Crippen MR) is 108 cm³/mol. The van der Waals surface area contributed by atoms with E-state index in [-0.39, 0.29) is 17.4 Å². The molecule has 8 nitrogen and oxygen atoms in total. The van der Waals surface area contributed by atoms with Crippen molar-refractivity contribution in [1.29, 1.82) is 0 Å². The van der Waals surface area contributed by atoms with Gasteiger partial charge in [-0.15, -0.1) is 0 Å². The van der Waals surface area contributed by atoms with Crippen LogP contribution in [-0.2, 0) is 10.0 Å². The first kappa shape index (κ1) is 20.1. The summed E-state index contributed by atoms with van der Waals surface area (Å²) >= 11 is 0. The molecule has 2 N–H and O–H groups in total. The normalized spacial score (nSPS) is 14.7. The number of piperidine rings is 1. The smallest absolute Gasteiger partial charge is 0.295 e. The summed E-state index contributed by atoms with van der Waals surface area (Å²) in [5.74, 6) is -0.726. The zero-order chi connectivity index (χ0) is 21.3. The average molecular weight is 432 g/mol. The first-order valence-corrected chi connectivity index (χ1v) is 11.1. The Hall–Kier alpha value is -3.14. The van der Waals surface area contributed by atoms with Gasteiger partial charge in [0.05, 0.1) is 17.4 Å². The zero-order valence-electron chi connectivity index (χ0n) is 16.3. The summed E-state index contributed by atoms with van der Waals surface area (Å²) < 4.78 is 46.9. The molecule has 1 aromatic carbocycles. The first-order chi connectivity index (χ1) is 14.3. The number of H-pyrrole nitrogens is 1. The van der Waals surface area contributed by atoms with Crippen LogP contribution in [0.3, 0.4) is 0 Å². The van der Waals surface area contributed by atoms with E-state index in [9.17, 15) is 17.6 Å². The Balaban J connectivity index is 1.60. The van der Waals surface area contributed by atoms with E-state index in [0.29, 0.717) is 29.9 Å². The van der Waals surface area contributed by atoms with Gasteiger partial charge in [0, 0.05) is 13.1 Å². The van der Waals surface area contributed by atoms with E-state index in [0.717, 1.165) is 19.3 Å². The lowest BCUT2D eigenvalue weighted by molar-refractivity contribution is 0.0725. The van der Waals surface area contributed by atoms with Gasteiger partial charge in [0.2, 0.25) is 5.09 Å². The predicted octanol–water partition coefficient (Wildman–Crippen LogP) is 3.54. The Kier molecular flexibility index (Phi) is 5.33. The van der Waals surface area contributed by atoms with Gasteiger partial charge in [-0.3, -0.25) is 14.6 Å². The molecule has 158 valence electrons. The number of carbonyl (C=O) groups is 1. The maximum atomic E-state index is 13.9. The number of hydrogen-bond donors (Lipinski definition) is 2. The van der Waals surface area contributed by atoms with Crippen LogP contribution in [0.1, 0.15) is 35.2 Å². The molecule has 0 unspecified atom stereocenters. The summed E-state index contributed by atoms with van der Waals surface area (Å²) in [5.41, 5.74) is 1.14. The number of aromatic amines is 1. The van der Waals surface area contributed by atoms with Crippen LogP contribution in [0.15, 0.2) is 46.0 Å². The number of nitrogens with zero attached hydrogens (tertiary/aromatic N) is 2. The fourth-order valence-corrected chi connectivity index (χ4v) is 4.41. The second-order valence-electron chi connectivity index (χ2n) is 7.22. The number of amides is 1. The fraction of sp³-hybridized carbons (Fsp3) is 0.300. The van der Waals surface area contributed by atoms with Crippen molar-refractivity contribution in [2.75, 3.05) is 17.8 Å². The Bertz CT molecular complexity index is 1180. The van der Waals surface area contributed by atoms with Gasteiger partial charge in [-0.2, -0.15) is 13.5 Å². The Morgan fingerprint density at radius 2 is 1.97 bits per heavy atom. The molecule has 1 saturated heterocycles. The summed E-state index contributed by atoms with van der Waals surface area (Å²) in [6.45, 7) is 3.07. The third-order valence-corrected chi connectivity index (χ3v) is 6.21. The fourth-order valence-electron chi connectivity index (χ4n) is 3.41. The number of aryl methyl sites for hydroxylation is 1. The molecule has 10 heteroatoms. The molecule has 1 aliphatic rings. The van der Waals surface area contributed by atoms with E-state index in [2.05, 4.69) is 14.9 Å². The molecule has 0 atom stereocenters. The van der Waals surface area contributed by atoms with Crippen molar-refractivity contribution in [3.63, 3.8) is 0 Å². The molecule has 0 bridgehead atoms. The third kappa shape index (κ3) is 3.95. The molecular formula is C20H21FN4O4S. The van der Waals surface area contributed by atoms with Gasteiger partial charge in [-0.05, 0) is 56.0 Å². The molecule has 30 heavy (non-hydrogen) atoms. The number of furan rings is 1. The average Bonchev–Trinajstić information content (AvgIpc) is 3.40. The summed E-state index contributed by atoms with van der Waals surface area (Å²) in [5, 5.41) is 6.24. The van der Waals surface area contributed by atoms with Crippen molar-refractivity contribution >= 4 is 21.6 Å². The molecule has 3 heterocycles. The monoisotopic (exact) mass is 432 g/mol. The lowest BCUT2D eigenvalue weighted by Gasteiger charge is -2.26. The lowest BCUT2D eigenvalue weighted by Crippen LogP contribution is -2.35. The Morgan fingerprint density at radius 1 is 1.20 bits per heavy atom. The van der Waals surface area contributed by atoms with E-state index in [1.165, 1.54) is 36.5 Å². The highest BCUT2D eigenvalue weighted by Gasteiger charge is 2.26. The van der Waals surface area contributed by atoms with Gasteiger partial charge in [-0.1, -0.05) is 6.07 Å². The topological polar surface area (TPSA) is 108 Å². The zero-order valence-corrected chi connectivity index (χ0v) is 17.1. The summed E-state index contributed by atoms with van der Waals surface area (Å²) in [7, 11) is -4.16. The van der Waals surface area contributed by atoms with Crippen LogP contribution in [0.5, 0.6) is 0 Å². The SMILES string of the molecule is Cc1ccc(F)c(NS(=O)(=O)c2ccc(-c3[nH]ncc3C(=O)N3CCCCC3)o2)c1. The Labute approximate surface area is 173 Å². The van der Waals surface area contributed by atoms with E-state index in [4.69, 9.17) is 4.42 Å². The minimum absolute atomic E-state index is 0.151. The quantitative estimate of drug-likeness (QED) is 0.641. The van der Waals surface area contributed by atoms with E-state index in [1.807, 2.05) is 0 Å². The number of carbonyl (C=O) groups excluding carboxylic acids is 1. The number of benzene rings is 1. The number of likely N-dealkylation sites (tertiary alicyclic amines) is 1. The van der Waals surface area contributed by atoms with Gasteiger partial charge in [0.1, 0.15) is 11.5 Å². The van der Waals surface area contributed by atoms with Gasteiger partial charge in [-0.25, -0.2) is 4.39 Å². The number of rotatable bonds is 5. The van der Waals surface area contributed by atoms with Gasteiger partial charge >= 0.3 is 0 Å². The number of aromatic nitrogens is 2. The van der Waals surface area contributed by atoms with E-state index < -0.39 is 20.9 Å². The molecule has 1 aliphatic heterocycles.